The lowest BCUT2D eigenvalue weighted by Crippen LogP contribution is -2.44. The Morgan fingerprint density at radius 2 is 2.09 bits per heavy atom. The smallest absolute Gasteiger partial charge is 0.277 e. The average Bonchev–Trinajstić information content (AvgIpc) is 3.40. The lowest BCUT2D eigenvalue weighted by molar-refractivity contribution is 0.498. The lowest BCUT2D eigenvalue weighted by atomic mass is 10.1. The molecule has 174 valence electrons. The molecule has 0 radical (unpaired) electrons. The maximum Gasteiger partial charge on any atom is 0.277 e. The number of nitrogens with zero attached hydrogens (tertiary/aromatic N) is 6. The van der Waals surface area contributed by atoms with Crippen LogP contribution < -0.4 is 16.2 Å². The molecule has 0 unspecified atom stereocenters. The summed E-state index contributed by atoms with van der Waals surface area (Å²) in [5.74, 6) is 0.747. The van der Waals surface area contributed by atoms with Crippen molar-refractivity contribution in [2.24, 2.45) is 5.73 Å². The first-order valence-electron chi connectivity index (χ1n) is 11.5. The van der Waals surface area contributed by atoms with Crippen LogP contribution in [0.5, 0.6) is 0 Å². The highest BCUT2D eigenvalue weighted by Gasteiger charge is 2.28. The van der Waals surface area contributed by atoms with Crippen LogP contribution >= 0.6 is 11.3 Å². The molecule has 1 atom stereocenters. The van der Waals surface area contributed by atoms with Crippen LogP contribution in [0.3, 0.4) is 0 Å². The largest absolute Gasteiger partial charge is 0.355 e. The topological polar surface area (TPSA) is 106 Å². The van der Waals surface area contributed by atoms with Gasteiger partial charge in [0.2, 0.25) is 0 Å². The zero-order valence-electron chi connectivity index (χ0n) is 19.1. The highest BCUT2D eigenvalue weighted by atomic mass is 32.1. The third kappa shape index (κ3) is 4.11. The molecule has 1 aromatic carbocycles. The van der Waals surface area contributed by atoms with Crippen molar-refractivity contribution in [3.8, 4) is 6.07 Å². The number of aromatic nitrogens is 4. The van der Waals surface area contributed by atoms with Crippen molar-refractivity contribution in [3.05, 3.63) is 74.2 Å². The average molecular weight is 474 g/mol. The first kappa shape index (κ1) is 22.3. The van der Waals surface area contributed by atoms with E-state index in [0.717, 1.165) is 41.3 Å². The zero-order valence-corrected chi connectivity index (χ0v) is 20.0. The summed E-state index contributed by atoms with van der Waals surface area (Å²) >= 11 is 1.60. The van der Waals surface area contributed by atoms with Crippen LogP contribution in [0.1, 0.15) is 34.5 Å². The van der Waals surface area contributed by atoms with Gasteiger partial charge in [0.05, 0.1) is 17.5 Å². The minimum atomic E-state index is -0.132. The maximum absolute atomic E-state index is 13.7. The first-order valence-corrected chi connectivity index (χ1v) is 12.4. The van der Waals surface area contributed by atoms with Crippen molar-refractivity contribution in [3.63, 3.8) is 0 Å². The van der Waals surface area contributed by atoms with Gasteiger partial charge in [-0.2, -0.15) is 5.26 Å². The minimum Gasteiger partial charge on any atom is -0.355 e. The zero-order chi connectivity index (χ0) is 23.7. The number of anilines is 1. The normalized spacial score (nSPS) is 16.1. The second-order valence-electron chi connectivity index (χ2n) is 8.78. The van der Waals surface area contributed by atoms with Crippen LogP contribution in [0.4, 0.5) is 5.82 Å². The van der Waals surface area contributed by atoms with Crippen LogP contribution in [0, 0.1) is 18.3 Å². The van der Waals surface area contributed by atoms with E-state index in [1.807, 2.05) is 47.3 Å². The van der Waals surface area contributed by atoms with Gasteiger partial charge < -0.3 is 15.2 Å². The summed E-state index contributed by atoms with van der Waals surface area (Å²) in [5, 5.41) is 10.1. The molecule has 1 aliphatic rings. The van der Waals surface area contributed by atoms with Crippen molar-refractivity contribution in [2.75, 3.05) is 18.0 Å². The molecular formula is C25H27N7OS. The molecule has 5 rings (SSSR count). The van der Waals surface area contributed by atoms with Gasteiger partial charge in [-0.1, -0.05) is 30.3 Å². The summed E-state index contributed by atoms with van der Waals surface area (Å²) in [4.78, 5) is 26.0. The Morgan fingerprint density at radius 1 is 1.26 bits per heavy atom. The Balaban J connectivity index is 1.65. The van der Waals surface area contributed by atoms with Gasteiger partial charge in [0, 0.05) is 43.5 Å². The molecule has 2 N–H and O–H groups in total. The summed E-state index contributed by atoms with van der Waals surface area (Å²) < 4.78 is 3.63. The molecule has 34 heavy (non-hydrogen) atoms. The summed E-state index contributed by atoms with van der Waals surface area (Å²) in [6.45, 7) is 4.42. The van der Waals surface area contributed by atoms with E-state index >= 15 is 0 Å². The van der Waals surface area contributed by atoms with E-state index in [0.29, 0.717) is 42.7 Å². The monoisotopic (exact) mass is 473 g/mol. The third-order valence-corrected chi connectivity index (χ3v) is 7.47. The number of piperidine rings is 1. The van der Waals surface area contributed by atoms with Crippen molar-refractivity contribution in [1.29, 1.82) is 5.26 Å². The van der Waals surface area contributed by atoms with Crippen molar-refractivity contribution in [2.45, 2.75) is 45.3 Å². The molecule has 0 saturated carbocycles. The molecule has 1 saturated heterocycles. The molecule has 3 aromatic heterocycles. The summed E-state index contributed by atoms with van der Waals surface area (Å²) in [6.07, 6.45) is 4.19. The van der Waals surface area contributed by atoms with E-state index in [4.69, 9.17) is 5.73 Å². The molecule has 0 spiro atoms. The fourth-order valence-electron chi connectivity index (χ4n) is 4.75. The van der Waals surface area contributed by atoms with Gasteiger partial charge in [0.15, 0.2) is 0 Å². The van der Waals surface area contributed by atoms with E-state index in [-0.39, 0.29) is 11.6 Å². The van der Waals surface area contributed by atoms with Gasteiger partial charge in [-0.3, -0.25) is 9.36 Å². The molecule has 4 aromatic rings. The van der Waals surface area contributed by atoms with Crippen LogP contribution in [0.25, 0.3) is 11.0 Å². The first-order chi connectivity index (χ1) is 16.6. The number of nitrogens with two attached hydrogens (primary N) is 1. The number of rotatable bonds is 6. The highest BCUT2D eigenvalue weighted by Crippen LogP contribution is 2.32. The van der Waals surface area contributed by atoms with Gasteiger partial charge in [-0.15, -0.1) is 11.3 Å². The van der Waals surface area contributed by atoms with Crippen molar-refractivity contribution < 1.29 is 0 Å². The molecule has 0 bridgehead atoms. The predicted octanol–water partition coefficient (Wildman–Crippen LogP) is 3.05. The van der Waals surface area contributed by atoms with Crippen LogP contribution in [-0.4, -0.2) is 38.2 Å². The Morgan fingerprint density at radius 3 is 2.79 bits per heavy atom. The second-order valence-corrected chi connectivity index (χ2v) is 9.72. The van der Waals surface area contributed by atoms with E-state index in [2.05, 4.69) is 20.9 Å². The molecule has 1 fully saturated rings. The van der Waals surface area contributed by atoms with Crippen LogP contribution in [0.2, 0.25) is 0 Å². The van der Waals surface area contributed by atoms with Gasteiger partial charge in [0.25, 0.3) is 5.56 Å². The third-order valence-electron chi connectivity index (χ3n) is 6.48. The standard InChI is InChI=1S/C25H27N7OS/c1-17-21(34-16-29-17)9-11-31-15-28-22-20(12-26)24(30-10-5-8-19(27)14-30)32(23(22)25(31)33)13-18-6-3-2-4-7-18/h2-4,6-7,15-16,19H,5,8-11,13-14,27H2,1H3/t19-/m0/s1. The quantitative estimate of drug-likeness (QED) is 0.461. The van der Waals surface area contributed by atoms with Gasteiger partial charge in [-0.05, 0) is 25.3 Å². The van der Waals surface area contributed by atoms with Gasteiger partial charge >= 0.3 is 0 Å². The van der Waals surface area contributed by atoms with E-state index in [1.54, 1.807) is 22.2 Å². The fraction of sp³-hybridized carbons (Fsp3) is 0.360. The minimum absolute atomic E-state index is 0.0377. The SMILES string of the molecule is Cc1ncsc1CCn1cnc2c(C#N)c(N3CCC[C@H](N)C3)n(Cc3ccccc3)c2c1=O. The number of thiazole rings is 1. The number of fused-ring (bicyclic) bond motifs is 1. The van der Waals surface area contributed by atoms with Crippen molar-refractivity contribution >= 4 is 28.2 Å². The van der Waals surface area contributed by atoms with Crippen LogP contribution in [0.15, 0.2) is 47.0 Å². The predicted molar refractivity (Wildman–Crippen MR) is 134 cm³/mol. The number of hydrogen-bond donors (Lipinski definition) is 1. The molecule has 1 aliphatic heterocycles. The Labute approximate surface area is 201 Å². The summed E-state index contributed by atoms with van der Waals surface area (Å²) in [5.41, 5.74) is 11.4. The highest BCUT2D eigenvalue weighted by molar-refractivity contribution is 7.09. The summed E-state index contributed by atoms with van der Waals surface area (Å²) in [6, 6.07) is 12.4. The molecule has 4 heterocycles. The van der Waals surface area contributed by atoms with Crippen LogP contribution in [-0.2, 0) is 19.5 Å². The molecule has 0 aliphatic carbocycles. The van der Waals surface area contributed by atoms with E-state index < -0.39 is 0 Å². The summed E-state index contributed by atoms with van der Waals surface area (Å²) in [7, 11) is 0. The Kier molecular flexibility index (Phi) is 6.18. The van der Waals surface area contributed by atoms with Gasteiger partial charge in [-0.25, -0.2) is 9.97 Å². The van der Waals surface area contributed by atoms with Gasteiger partial charge in [0.1, 0.15) is 28.5 Å². The maximum atomic E-state index is 13.7. The lowest BCUT2D eigenvalue weighted by Gasteiger charge is -2.33. The fourth-order valence-corrected chi connectivity index (χ4v) is 5.52. The van der Waals surface area contributed by atoms with Crippen molar-refractivity contribution in [1.82, 2.24) is 19.1 Å². The number of aryl methyl sites for hydroxylation is 3. The molecule has 9 heteroatoms. The molecule has 0 amide bonds. The Bertz CT molecular complexity index is 1410. The second kappa shape index (κ2) is 9.41. The molecule has 8 nitrogen and oxygen atoms in total. The molecular weight excluding hydrogens is 446 g/mol. The number of benzene rings is 1. The van der Waals surface area contributed by atoms with E-state index in [1.165, 1.54) is 0 Å². The van der Waals surface area contributed by atoms with E-state index in [9.17, 15) is 10.1 Å². The Hall–Kier alpha value is -3.48. The number of nitriles is 1. The number of hydrogen-bond acceptors (Lipinski definition) is 7.